The number of pyridine rings is 1. The highest BCUT2D eigenvalue weighted by Gasteiger charge is 2.19. The van der Waals surface area contributed by atoms with E-state index in [4.69, 9.17) is 11.6 Å². The summed E-state index contributed by atoms with van der Waals surface area (Å²) in [6.07, 6.45) is 1.45. The molecule has 2 amide bonds. The average Bonchev–Trinajstić information content (AvgIpc) is 2.47. The number of nitrogens with zero attached hydrogens (tertiary/aromatic N) is 3. The van der Waals surface area contributed by atoms with Gasteiger partial charge in [0.15, 0.2) is 0 Å². The Hall–Kier alpha value is -2.14. The maximum atomic E-state index is 12.5. The zero-order valence-corrected chi connectivity index (χ0v) is 12.9. The van der Waals surface area contributed by atoms with Crippen LogP contribution in [0.2, 0.25) is 5.15 Å². The van der Waals surface area contributed by atoms with Crippen molar-refractivity contribution >= 4 is 34.2 Å². The van der Waals surface area contributed by atoms with Crippen molar-refractivity contribution in [3.8, 4) is 0 Å². The Morgan fingerprint density at radius 1 is 1.14 bits per heavy atom. The van der Waals surface area contributed by atoms with Crippen molar-refractivity contribution in [3.63, 3.8) is 0 Å². The lowest BCUT2D eigenvalue weighted by Gasteiger charge is -2.20. The minimum absolute atomic E-state index is 0.0167. The van der Waals surface area contributed by atoms with Gasteiger partial charge >= 0.3 is 0 Å². The summed E-state index contributed by atoms with van der Waals surface area (Å²) in [6.45, 7) is 0.0167. The number of halogens is 1. The number of hydrogen-bond acceptors (Lipinski definition) is 3. The third-order valence-corrected chi connectivity index (χ3v) is 3.50. The van der Waals surface area contributed by atoms with E-state index in [1.54, 1.807) is 21.1 Å². The molecule has 0 saturated carbocycles. The van der Waals surface area contributed by atoms with Crippen LogP contribution >= 0.6 is 11.6 Å². The number of carbonyl (C=O) groups excluding carboxylic acids is 2. The number of benzene rings is 1. The molecule has 21 heavy (non-hydrogen) atoms. The lowest BCUT2D eigenvalue weighted by Crippen LogP contribution is -2.37. The summed E-state index contributed by atoms with van der Waals surface area (Å²) in [7, 11) is 4.90. The van der Waals surface area contributed by atoms with Crippen LogP contribution in [0.5, 0.6) is 0 Å². The Labute approximate surface area is 128 Å². The predicted octanol–water partition coefficient (Wildman–Crippen LogP) is 2.05. The Balaban J connectivity index is 2.36. The molecule has 0 spiro atoms. The summed E-state index contributed by atoms with van der Waals surface area (Å²) in [5, 5.41) is 1.80. The summed E-state index contributed by atoms with van der Waals surface area (Å²) in [5.74, 6) is -0.400. The molecule has 110 valence electrons. The molecule has 0 radical (unpaired) electrons. The molecular formula is C15H16ClN3O2. The highest BCUT2D eigenvalue weighted by Crippen LogP contribution is 2.24. The second-order valence-electron chi connectivity index (χ2n) is 4.96. The predicted molar refractivity (Wildman–Crippen MR) is 82.4 cm³/mol. The number of aromatic nitrogens is 1. The number of carbonyl (C=O) groups is 2. The van der Waals surface area contributed by atoms with Crippen LogP contribution in [-0.4, -0.2) is 54.3 Å². The second kappa shape index (κ2) is 6.10. The standard InChI is InChI=1S/C15H16ClN3O2/c1-18(2)13(20)9-19(3)15(21)12-8-17-14(16)11-7-5-4-6-10(11)12/h4-8H,9H2,1-3H3. The van der Waals surface area contributed by atoms with E-state index in [1.807, 2.05) is 24.3 Å². The van der Waals surface area contributed by atoms with Gasteiger partial charge in [-0.25, -0.2) is 4.98 Å². The van der Waals surface area contributed by atoms with Crippen molar-refractivity contribution in [1.82, 2.24) is 14.8 Å². The Bertz CT molecular complexity index is 700. The van der Waals surface area contributed by atoms with E-state index in [2.05, 4.69) is 4.98 Å². The molecule has 0 atom stereocenters. The molecule has 2 aromatic rings. The van der Waals surface area contributed by atoms with E-state index < -0.39 is 0 Å². The van der Waals surface area contributed by atoms with Gasteiger partial charge in [-0.3, -0.25) is 9.59 Å². The zero-order chi connectivity index (χ0) is 15.6. The average molecular weight is 306 g/mol. The normalized spacial score (nSPS) is 10.5. The summed E-state index contributed by atoms with van der Waals surface area (Å²) < 4.78 is 0. The van der Waals surface area contributed by atoms with Crippen LogP contribution in [-0.2, 0) is 4.79 Å². The monoisotopic (exact) mass is 305 g/mol. The minimum atomic E-state index is -0.259. The third-order valence-electron chi connectivity index (χ3n) is 3.19. The van der Waals surface area contributed by atoms with E-state index >= 15 is 0 Å². The summed E-state index contributed by atoms with van der Waals surface area (Å²) >= 11 is 6.04. The van der Waals surface area contributed by atoms with Gasteiger partial charge in [0.2, 0.25) is 5.91 Å². The van der Waals surface area contributed by atoms with E-state index in [-0.39, 0.29) is 18.4 Å². The fourth-order valence-electron chi connectivity index (χ4n) is 1.95. The summed E-state index contributed by atoms with van der Waals surface area (Å²) in [6, 6.07) is 7.30. The molecule has 1 aromatic heterocycles. The first-order chi connectivity index (χ1) is 9.91. The molecule has 0 N–H and O–H groups in total. The van der Waals surface area contributed by atoms with E-state index in [9.17, 15) is 9.59 Å². The fraction of sp³-hybridized carbons (Fsp3) is 0.267. The first-order valence-electron chi connectivity index (χ1n) is 6.40. The number of likely N-dealkylation sites (N-methyl/N-ethyl adjacent to an activating group) is 2. The van der Waals surface area contributed by atoms with Crippen molar-refractivity contribution in [2.45, 2.75) is 0 Å². The van der Waals surface area contributed by atoms with Crippen molar-refractivity contribution in [2.75, 3.05) is 27.7 Å². The minimum Gasteiger partial charge on any atom is -0.347 e. The van der Waals surface area contributed by atoms with Gasteiger partial charge in [0.25, 0.3) is 5.91 Å². The topological polar surface area (TPSA) is 53.5 Å². The lowest BCUT2D eigenvalue weighted by atomic mass is 10.1. The quantitative estimate of drug-likeness (QED) is 0.816. The fourth-order valence-corrected chi connectivity index (χ4v) is 2.16. The highest BCUT2D eigenvalue weighted by molar-refractivity contribution is 6.34. The van der Waals surface area contributed by atoms with Gasteiger partial charge in [0.1, 0.15) is 5.15 Å². The zero-order valence-electron chi connectivity index (χ0n) is 12.1. The molecule has 0 fully saturated rings. The van der Waals surface area contributed by atoms with Gasteiger partial charge in [-0.2, -0.15) is 0 Å². The van der Waals surface area contributed by atoms with Crippen molar-refractivity contribution < 1.29 is 9.59 Å². The van der Waals surface area contributed by atoms with Crippen LogP contribution in [0.4, 0.5) is 0 Å². The number of fused-ring (bicyclic) bond motifs is 1. The molecule has 0 bridgehead atoms. The SMILES string of the molecule is CN(C)C(=O)CN(C)C(=O)c1cnc(Cl)c2ccccc12. The molecule has 0 unspecified atom stereocenters. The molecule has 0 aliphatic carbocycles. The van der Waals surface area contributed by atoms with Crippen LogP contribution in [0.25, 0.3) is 10.8 Å². The number of amides is 2. The number of hydrogen-bond donors (Lipinski definition) is 0. The Morgan fingerprint density at radius 2 is 1.76 bits per heavy atom. The van der Waals surface area contributed by atoms with Crippen LogP contribution in [0.1, 0.15) is 10.4 Å². The first kappa shape index (κ1) is 15.3. The smallest absolute Gasteiger partial charge is 0.256 e. The van der Waals surface area contributed by atoms with Gasteiger partial charge in [-0.05, 0) is 5.39 Å². The summed E-state index contributed by atoms with van der Waals surface area (Å²) in [4.78, 5) is 31.1. The molecule has 1 aromatic carbocycles. The van der Waals surface area contributed by atoms with Gasteiger partial charge in [0, 0.05) is 32.7 Å². The number of rotatable bonds is 3. The molecular weight excluding hydrogens is 290 g/mol. The van der Waals surface area contributed by atoms with Crippen molar-refractivity contribution in [3.05, 3.63) is 41.2 Å². The molecule has 5 nitrogen and oxygen atoms in total. The lowest BCUT2D eigenvalue weighted by molar-refractivity contribution is -0.129. The maximum Gasteiger partial charge on any atom is 0.256 e. The summed E-state index contributed by atoms with van der Waals surface area (Å²) in [5.41, 5.74) is 0.434. The third kappa shape index (κ3) is 3.13. The Kier molecular flexibility index (Phi) is 4.43. The van der Waals surface area contributed by atoms with Gasteiger partial charge in [0.05, 0.1) is 12.1 Å². The van der Waals surface area contributed by atoms with Gasteiger partial charge in [-0.1, -0.05) is 35.9 Å². The van der Waals surface area contributed by atoms with Gasteiger partial charge in [-0.15, -0.1) is 0 Å². The van der Waals surface area contributed by atoms with E-state index in [1.165, 1.54) is 16.0 Å². The molecule has 6 heteroatoms. The molecule has 0 aliphatic rings. The molecule has 1 heterocycles. The van der Waals surface area contributed by atoms with Crippen LogP contribution in [0, 0.1) is 0 Å². The second-order valence-corrected chi connectivity index (χ2v) is 5.32. The molecule has 2 rings (SSSR count). The van der Waals surface area contributed by atoms with E-state index in [0.717, 1.165) is 10.8 Å². The Morgan fingerprint density at radius 3 is 2.38 bits per heavy atom. The van der Waals surface area contributed by atoms with Crippen LogP contribution < -0.4 is 0 Å². The molecule has 0 aliphatic heterocycles. The van der Waals surface area contributed by atoms with Crippen molar-refractivity contribution in [2.24, 2.45) is 0 Å². The first-order valence-corrected chi connectivity index (χ1v) is 6.78. The van der Waals surface area contributed by atoms with Crippen LogP contribution in [0.3, 0.4) is 0 Å². The highest BCUT2D eigenvalue weighted by atomic mass is 35.5. The molecule has 0 saturated heterocycles. The largest absolute Gasteiger partial charge is 0.347 e. The van der Waals surface area contributed by atoms with Crippen LogP contribution in [0.15, 0.2) is 30.5 Å². The van der Waals surface area contributed by atoms with Gasteiger partial charge < -0.3 is 9.80 Å². The van der Waals surface area contributed by atoms with E-state index in [0.29, 0.717) is 10.7 Å². The van der Waals surface area contributed by atoms with Crippen molar-refractivity contribution in [1.29, 1.82) is 0 Å². The maximum absolute atomic E-state index is 12.5.